The number of nitrogens with one attached hydrogen (secondary N) is 2. The summed E-state index contributed by atoms with van der Waals surface area (Å²) in [5, 5.41) is 15.9. The van der Waals surface area contributed by atoms with E-state index in [1.165, 1.54) is 12.3 Å². The number of halogens is 2. The van der Waals surface area contributed by atoms with Crippen LogP contribution in [0, 0.1) is 11.3 Å². The van der Waals surface area contributed by atoms with Crippen molar-refractivity contribution in [3.63, 3.8) is 0 Å². The van der Waals surface area contributed by atoms with E-state index in [0.717, 1.165) is 10.1 Å². The van der Waals surface area contributed by atoms with Crippen molar-refractivity contribution in [2.45, 2.75) is 6.54 Å². The van der Waals surface area contributed by atoms with Gasteiger partial charge in [0.15, 0.2) is 5.65 Å². The van der Waals surface area contributed by atoms with Crippen LogP contribution in [0.5, 0.6) is 0 Å². The average Bonchev–Trinajstić information content (AvgIpc) is 3.12. The maximum atomic E-state index is 12.9. The molecule has 1 amide bonds. The number of rotatable bonds is 4. The Hall–Kier alpha value is -3.60. The number of carbonyl (C=O) groups excluding carboxylic acids is 1. The SMILES string of the molecule is N#Cc1c(-c2ccc(Cl)cc2Cl)[nH]n2c(=O)c(C(=O)NCc3ccccc3)cnc12. The van der Waals surface area contributed by atoms with E-state index in [9.17, 15) is 14.9 Å². The molecule has 0 bridgehead atoms. The number of amides is 1. The zero-order chi connectivity index (χ0) is 21.3. The minimum Gasteiger partial charge on any atom is -0.348 e. The Morgan fingerprint density at radius 3 is 2.67 bits per heavy atom. The smallest absolute Gasteiger partial charge is 0.285 e. The van der Waals surface area contributed by atoms with Crippen LogP contribution in [0.3, 0.4) is 0 Å². The van der Waals surface area contributed by atoms with Crippen molar-refractivity contribution in [1.29, 1.82) is 5.26 Å². The number of aromatic amines is 1. The van der Waals surface area contributed by atoms with Gasteiger partial charge in [-0.1, -0.05) is 53.5 Å². The number of hydrogen-bond acceptors (Lipinski definition) is 4. The van der Waals surface area contributed by atoms with Crippen LogP contribution in [0.1, 0.15) is 21.5 Å². The second-order valence-electron chi connectivity index (χ2n) is 6.40. The minimum atomic E-state index is -0.626. The van der Waals surface area contributed by atoms with Crippen LogP contribution in [-0.4, -0.2) is 20.5 Å². The summed E-state index contributed by atoms with van der Waals surface area (Å²) in [4.78, 5) is 29.6. The lowest BCUT2D eigenvalue weighted by atomic mass is 10.1. The van der Waals surface area contributed by atoms with Crippen LogP contribution in [0.25, 0.3) is 16.9 Å². The quantitative estimate of drug-likeness (QED) is 0.506. The zero-order valence-electron chi connectivity index (χ0n) is 15.3. The highest BCUT2D eigenvalue weighted by molar-refractivity contribution is 6.36. The Balaban J connectivity index is 1.75. The molecule has 148 valence electrons. The number of carbonyl (C=O) groups is 1. The predicted molar refractivity (Wildman–Crippen MR) is 114 cm³/mol. The highest BCUT2D eigenvalue weighted by Crippen LogP contribution is 2.32. The van der Waals surface area contributed by atoms with Crippen LogP contribution in [0.2, 0.25) is 10.0 Å². The summed E-state index contributed by atoms with van der Waals surface area (Å²) < 4.78 is 1.07. The van der Waals surface area contributed by atoms with E-state index in [0.29, 0.717) is 21.3 Å². The first-order chi connectivity index (χ1) is 14.5. The van der Waals surface area contributed by atoms with Gasteiger partial charge in [-0.05, 0) is 23.8 Å². The molecule has 0 spiro atoms. The lowest BCUT2D eigenvalue weighted by Gasteiger charge is -2.05. The molecular weight excluding hydrogens is 425 g/mol. The highest BCUT2D eigenvalue weighted by Gasteiger charge is 2.21. The van der Waals surface area contributed by atoms with Gasteiger partial charge in [0.25, 0.3) is 11.5 Å². The maximum Gasteiger partial charge on any atom is 0.285 e. The minimum absolute atomic E-state index is 0.100. The topological polar surface area (TPSA) is 103 Å². The van der Waals surface area contributed by atoms with Crippen molar-refractivity contribution in [1.82, 2.24) is 19.9 Å². The highest BCUT2D eigenvalue weighted by atomic mass is 35.5. The molecule has 0 saturated heterocycles. The molecule has 0 aliphatic carbocycles. The number of H-pyrrole nitrogens is 1. The third kappa shape index (κ3) is 3.54. The second-order valence-corrected chi connectivity index (χ2v) is 7.25. The zero-order valence-corrected chi connectivity index (χ0v) is 16.8. The molecule has 7 nitrogen and oxygen atoms in total. The molecule has 4 rings (SSSR count). The monoisotopic (exact) mass is 437 g/mol. The molecule has 0 atom stereocenters. The summed E-state index contributed by atoms with van der Waals surface area (Å²) in [5.41, 5.74) is 1.14. The molecule has 2 aromatic heterocycles. The molecule has 2 N–H and O–H groups in total. The first-order valence-electron chi connectivity index (χ1n) is 8.81. The first kappa shape index (κ1) is 19.7. The standard InChI is InChI=1S/C21H13Cl2N5O2/c22-13-6-7-14(17(23)8-13)18-15(9-24)19-25-11-16(21(30)28(19)27-18)20(29)26-10-12-4-2-1-3-5-12/h1-8,11,27H,10H2,(H,26,29). The van der Waals surface area contributed by atoms with Crippen LogP contribution in [0.15, 0.2) is 59.5 Å². The molecule has 0 unspecified atom stereocenters. The van der Waals surface area contributed by atoms with Gasteiger partial charge in [0.2, 0.25) is 0 Å². The van der Waals surface area contributed by atoms with Gasteiger partial charge >= 0.3 is 0 Å². The average molecular weight is 438 g/mol. The summed E-state index contributed by atoms with van der Waals surface area (Å²) >= 11 is 12.2. The van der Waals surface area contributed by atoms with E-state index in [1.54, 1.807) is 12.1 Å². The van der Waals surface area contributed by atoms with Gasteiger partial charge in [-0.3, -0.25) is 14.7 Å². The Kier molecular flexibility index (Phi) is 5.27. The number of fused-ring (bicyclic) bond motifs is 1. The van der Waals surface area contributed by atoms with Gasteiger partial charge in [-0.15, -0.1) is 0 Å². The Labute approximate surface area is 180 Å². The number of nitrogens with zero attached hydrogens (tertiary/aromatic N) is 3. The third-order valence-corrected chi connectivity index (χ3v) is 5.06. The fourth-order valence-corrected chi connectivity index (χ4v) is 3.54. The van der Waals surface area contributed by atoms with Crippen LogP contribution >= 0.6 is 23.2 Å². The van der Waals surface area contributed by atoms with Crippen molar-refractivity contribution in [2.24, 2.45) is 0 Å². The molecule has 30 heavy (non-hydrogen) atoms. The van der Waals surface area contributed by atoms with Gasteiger partial charge < -0.3 is 5.32 Å². The molecule has 0 fully saturated rings. The van der Waals surface area contributed by atoms with E-state index >= 15 is 0 Å². The summed E-state index contributed by atoms with van der Waals surface area (Å²) in [6, 6.07) is 16.1. The Bertz CT molecular complexity index is 1370. The van der Waals surface area contributed by atoms with Crippen LogP contribution in [-0.2, 0) is 6.54 Å². The lowest BCUT2D eigenvalue weighted by molar-refractivity contribution is 0.0948. The fourth-order valence-electron chi connectivity index (χ4n) is 3.04. The predicted octanol–water partition coefficient (Wildman–Crippen LogP) is 3.80. The molecule has 4 aromatic rings. The largest absolute Gasteiger partial charge is 0.348 e. The van der Waals surface area contributed by atoms with Crippen molar-refractivity contribution < 1.29 is 4.79 Å². The third-order valence-electron chi connectivity index (χ3n) is 4.51. The fraction of sp³-hybridized carbons (Fsp3) is 0.0476. The van der Waals surface area contributed by atoms with E-state index in [1.807, 2.05) is 36.4 Å². The van der Waals surface area contributed by atoms with E-state index in [2.05, 4.69) is 15.4 Å². The summed E-state index contributed by atoms with van der Waals surface area (Å²) in [7, 11) is 0. The molecule has 0 aliphatic heterocycles. The van der Waals surface area contributed by atoms with Crippen LogP contribution < -0.4 is 10.9 Å². The molecule has 0 aliphatic rings. The van der Waals surface area contributed by atoms with Gasteiger partial charge in [0, 0.05) is 23.3 Å². The molecule has 0 saturated carbocycles. The molecule has 0 radical (unpaired) electrons. The molecule has 9 heteroatoms. The van der Waals surface area contributed by atoms with Crippen molar-refractivity contribution in [2.75, 3.05) is 0 Å². The summed E-state index contributed by atoms with van der Waals surface area (Å²) in [6.45, 7) is 0.265. The number of aromatic nitrogens is 3. The van der Waals surface area contributed by atoms with Crippen LogP contribution in [0.4, 0.5) is 0 Å². The molecule has 2 aromatic carbocycles. The number of benzene rings is 2. The number of nitriles is 1. The first-order valence-corrected chi connectivity index (χ1v) is 9.56. The maximum absolute atomic E-state index is 12.9. The summed E-state index contributed by atoms with van der Waals surface area (Å²) in [5.74, 6) is -0.565. The van der Waals surface area contributed by atoms with Gasteiger partial charge in [-0.2, -0.15) is 9.78 Å². The van der Waals surface area contributed by atoms with E-state index < -0.39 is 11.5 Å². The Morgan fingerprint density at radius 2 is 1.97 bits per heavy atom. The van der Waals surface area contributed by atoms with E-state index in [4.69, 9.17) is 23.2 Å². The summed E-state index contributed by atoms with van der Waals surface area (Å²) in [6.07, 6.45) is 1.17. The van der Waals surface area contributed by atoms with E-state index in [-0.39, 0.29) is 23.3 Å². The lowest BCUT2D eigenvalue weighted by Crippen LogP contribution is -2.31. The second kappa shape index (κ2) is 8.03. The van der Waals surface area contributed by atoms with Crippen molar-refractivity contribution >= 4 is 34.8 Å². The Morgan fingerprint density at radius 1 is 1.20 bits per heavy atom. The van der Waals surface area contributed by atoms with Crippen molar-refractivity contribution in [3.05, 3.63) is 91.8 Å². The number of hydrogen-bond donors (Lipinski definition) is 2. The normalized spacial score (nSPS) is 10.7. The van der Waals surface area contributed by atoms with Gasteiger partial charge in [-0.25, -0.2) is 4.98 Å². The van der Waals surface area contributed by atoms with Gasteiger partial charge in [0.1, 0.15) is 17.2 Å². The van der Waals surface area contributed by atoms with Gasteiger partial charge in [0.05, 0.1) is 10.7 Å². The van der Waals surface area contributed by atoms with Crippen molar-refractivity contribution in [3.8, 4) is 17.3 Å². The molecule has 2 heterocycles. The molecular formula is C21H13Cl2N5O2.